The zero-order valence-electron chi connectivity index (χ0n) is 12.7. The lowest BCUT2D eigenvalue weighted by Gasteiger charge is -2.22. The Balaban J connectivity index is 2.29. The standard InChI is InChI=1S/C16H23N3O2/c1-3-5-11-18(12-6-4-2)16(21)19-14-10-8-7-9-13(14)15(20)17-19/h7-10H,3-6,11-12H2,1-2H3,(H,17,20). The van der Waals surface area contributed by atoms with Crippen LogP contribution < -0.4 is 0 Å². The number of aromatic nitrogens is 2. The van der Waals surface area contributed by atoms with Gasteiger partial charge in [0.2, 0.25) is 5.88 Å². The van der Waals surface area contributed by atoms with Crippen LogP contribution >= 0.6 is 0 Å². The van der Waals surface area contributed by atoms with Crippen molar-refractivity contribution in [3.05, 3.63) is 24.3 Å². The second-order valence-electron chi connectivity index (χ2n) is 5.23. The van der Waals surface area contributed by atoms with E-state index in [1.165, 1.54) is 4.68 Å². The first-order valence-corrected chi connectivity index (χ1v) is 7.65. The molecular weight excluding hydrogens is 266 g/mol. The zero-order valence-corrected chi connectivity index (χ0v) is 12.7. The molecule has 0 aliphatic heterocycles. The van der Waals surface area contributed by atoms with Crippen LogP contribution in [-0.4, -0.2) is 38.9 Å². The summed E-state index contributed by atoms with van der Waals surface area (Å²) in [5.74, 6) is -0.0927. The fraction of sp³-hybridized carbons (Fsp3) is 0.500. The monoisotopic (exact) mass is 289 g/mol. The van der Waals surface area contributed by atoms with Gasteiger partial charge >= 0.3 is 6.03 Å². The van der Waals surface area contributed by atoms with Crippen molar-refractivity contribution in [1.29, 1.82) is 0 Å². The van der Waals surface area contributed by atoms with E-state index >= 15 is 0 Å². The zero-order chi connectivity index (χ0) is 15.2. The number of amides is 1. The van der Waals surface area contributed by atoms with Gasteiger partial charge in [0.15, 0.2) is 0 Å². The number of nitrogens with zero attached hydrogens (tertiary/aromatic N) is 3. The van der Waals surface area contributed by atoms with E-state index in [1.54, 1.807) is 12.1 Å². The Hall–Kier alpha value is -2.04. The fourth-order valence-corrected chi connectivity index (χ4v) is 2.33. The third-order valence-corrected chi connectivity index (χ3v) is 3.58. The van der Waals surface area contributed by atoms with Gasteiger partial charge in [0, 0.05) is 13.1 Å². The molecule has 2 aromatic rings. The number of carbonyl (C=O) groups excluding carboxylic acids is 1. The minimum absolute atomic E-state index is 0.0927. The van der Waals surface area contributed by atoms with Crippen LogP contribution in [0.4, 0.5) is 4.79 Å². The predicted molar refractivity (Wildman–Crippen MR) is 83.6 cm³/mol. The van der Waals surface area contributed by atoms with E-state index in [-0.39, 0.29) is 11.9 Å². The third-order valence-electron chi connectivity index (χ3n) is 3.58. The van der Waals surface area contributed by atoms with Crippen LogP contribution in [0.2, 0.25) is 0 Å². The highest BCUT2D eigenvalue weighted by Crippen LogP contribution is 2.23. The minimum atomic E-state index is -0.159. The van der Waals surface area contributed by atoms with Crippen molar-refractivity contribution in [1.82, 2.24) is 14.7 Å². The number of hydrogen-bond acceptors (Lipinski definition) is 3. The molecule has 0 bridgehead atoms. The first-order chi connectivity index (χ1) is 10.2. The first kappa shape index (κ1) is 15.4. The Labute approximate surface area is 125 Å². The van der Waals surface area contributed by atoms with Gasteiger partial charge in [-0.2, -0.15) is 4.68 Å². The average Bonchev–Trinajstić information content (AvgIpc) is 2.84. The van der Waals surface area contributed by atoms with Crippen molar-refractivity contribution >= 4 is 16.9 Å². The second kappa shape index (κ2) is 7.11. The topological polar surface area (TPSA) is 58.4 Å². The number of hydrogen-bond donors (Lipinski definition) is 1. The summed E-state index contributed by atoms with van der Waals surface area (Å²) in [6.45, 7) is 5.67. The molecule has 1 amide bonds. The van der Waals surface area contributed by atoms with Crippen molar-refractivity contribution in [3.8, 4) is 5.88 Å². The molecule has 0 radical (unpaired) electrons. The summed E-state index contributed by atoms with van der Waals surface area (Å²) in [4.78, 5) is 14.5. The maximum Gasteiger partial charge on any atom is 0.345 e. The highest BCUT2D eigenvalue weighted by atomic mass is 16.3. The van der Waals surface area contributed by atoms with Crippen molar-refractivity contribution in [3.63, 3.8) is 0 Å². The van der Waals surface area contributed by atoms with E-state index in [1.807, 2.05) is 17.0 Å². The molecule has 5 heteroatoms. The Bertz CT molecular complexity index is 599. The van der Waals surface area contributed by atoms with E-state index in [0.717, 1.165) is 38.8 Å². The fourth-order valence-electron chi connectivity index (χ4n) is 2.33. The highest BCUT2D eigenvalue weighted by Gasteiger charge is 2.19. The van der Waals surface area contributed by atoms with Crippen LogP contribution in [0, 0.1) is 0 Å². The lowest BCUT2D eigenvalue weighted by molar-refractivity contribution is 0.195. The van der Waals surface area contributed by atoms with Crippen LogP contribution in [0.15, 0.2) is 24.3 Å². The van der Waals surface area contributed by atoms with Crippen molar-refractivity contribution in [2.45, 2.75) is 39.5 Å². The summed E-state index contributed by atoms with van der Waals surface area (Å²) < 4.78 is 1.32. The van der Waals surface area contributed by atoms with Crippen LogP contribution in [0.1, 0.15) is 39.5 Å². The first-order valence-electron chi connectivity index (χ1n) is 7.65. The molecule has 0 saturated carbocycles. The van der Waals surface area contributed by atoms with Crippen molar-refractivity contribution in [2.24, 2.45) is 0 Å². The molecule has 21 heavy (non-hydrogen) atoms. The summed E-state index contributed by atoms with van der Waals surface area (Å²) in [5, 5.41) is 14.5. The molecule has 2 rings (SSSR count). The molecule has 114 valence electrons. The van der Waals surface area contributed by atoms with Gasteiger partial charge in [-0.3, -0.25) is 0 Å². The Kier molecular flexibility index (Phi) is 5.20. The van der Waals surface area contributed by atoms with Crippen LogP contribution in [-0.2, 0) is 0 Å². The van der Waals surface area contributed by atoms with Gasteiger partial charge in [-0.25, -0.2) is 4.79 Å². The number of aromatic hydroxyl groups is 1. The van der Waals surface area contributed by atoms with Crippen molar-refractivity contribution < 1.29 is 9.90 Å². The van der Waals surface area contributed by atoms with Gasteiger partial charge in [0.05, 0.1) is 10.9 Å². The van der Waals surface area contributed by atoms with Crippen LogP contribution in [0.3, 0.4) is 0 Å². The molecule has 1 heterocycles. The maximum atomic E-state index is 12.7. The molecule has 0 unspecified atom stereocenters. The number of benzene rings is 1. The van der Waals surface area contributed by atoms with Crippen LogP contribution in [0.25, 0.3) is 10.9 Å². The third kappa shape index (κ3) is 3.35. The summed E-state index contributed by atoms with van der Waals surface area (Å²) in [6.07, 6.45) is 4.03. The van der Waals surface area contributed by atoms with E-state index < -0.39 is 0 Å². The maximum absolute atomic E-state index is 12.7. The normalized spacial score (nSPS) is 11.0. The number of para-hydroxylation sites is 1. The lowest BCUT2D eigenvalue weighted by Crippen LogP contribution is -2.36. The SMILES string of the molecule is CCCCN(CCCC)C(=O)n1nc(O)c2ccccc21. The molecular formula is C16H23N3O2. The Morgan fingerprint density at radius 3 is 2.43 bits per heavy atom. The Morgan fingerprint density at radius 1 is 1.19 bits per heavy atom. The number of carbonyl (C=O) groups is 1. The quantitative estimate of drug-likeness (QED) is 0.883. The van der Waals surface area contributed by atoms with Gasteiger partial charge in [-0.15, -0.1) is 5.10 Å². The van der Waals surface area contributed by atoms with E-state index in [0.29, 0.717) is 10.9 Å². The summed E-state index contributed by atoms with van der Waals surface area (Å²) >= 11 is 0. The molecule has 0 atom stereocenters. The predicted octanol–water partition coefficient (Wildman–Crippen LogP) is 3.61. The lowest BCUT2D eigenvalue weighted by atomic mass is 10.2. The van der Waals surface area contributed by atoms with E-state index in [2.05, 4.69) is 18.9 Å². The van der Waals surface area contributed by atoms with Gasteiger partial charge in [0.1, 0.15) is 0 Å². The van der Waals surface area contributed by atoms with Crippen molar-refractivity contribution in [2.75, 3.05) is 13.1 Å². The van der Waals surface area contributed by atoms with E-state index in [4.69, 9.17) is 0 Å². The number of rotatable bonds is 6. The second-order valence-corrected chi connectivity index (χ2v) is 5.23. The van der Waals surface area contributed by atoms with Gasteiger partial charge in [-0.1, -0.05) is 38.8 Å². The summed E-state index contributed by atoms with van der Waals surface area (Å²) in [6, 6.07) is 7.08. The molecule has 1 N–H and O–H groups in total. The van der Waals surface area contributed by atoms with E-state index in [9.17, 15) is 9.90 Å². The summed E-state index contributed by atoms with van der Waals surface area (Å²) in [7, 11) is 0. The highest BCUT2D eigenvalue weighted by molar-refractivity contribution is 5.92. The molecule has 0 fully saturated rings. The van der Waals surface area contributed by atoms with Gasteiger partial charge in [0.25, 0.3) is 0 Å². The molecule has 0 aliphatic carbocycles. The van der Waals surface area contributed by atoms with Gasteiger partial charge in [-0.05, 0) is 25.0 Å². The summed E-state index contributed by atoms with van der Waals surface area (Å²) in [5.41, 5.74) is 0.651. The smallest absolute Gasteiger partial charge is 0.345 e. The molecule has 1 aromatic heterocycles. The average molecular weight is 289 g/mol. The molecule has 0 spiro atoms. The molecule has 0 saturated heterocycles. The number of unbranched alkanes of at least 4 members (excludes halogenated alkanes) is 2. The minimum Gasteiger partial charge on any atom is -0.492 e. The van der Waals surface area contributed by atoms with Crippen LogP contribution in [0.5, 0.6) is 5.88 Å². The molecule has 0 aliphatic rings. The van der Waals surface area contributed by atoms with Gasteiger partial charge < -0.3 is 10.0 Å². The Morgan fingerprint density at radius 2 is 1.81 bits per heavy atom. The largest absolute Gasteiger partial charge is 0.492 e. The number of fused-ring (bicyclic) bond motifs is 1. The molecule has 1 aromatic carbocycles. The molecule has 5 nitrogen and oxygen atoms in total.